The van der Waals surface area contributed by atoms with Gasteiger partial charge in [0.1, 0.15) is 0 Å². The van der Waals surface area contributed by atoms with Gasteiger partial charge in [0, 0.05) is 48.8 Å². The van der Waals surface area contributed by atoms with Crippen LogP contribution in [0.15, 0.2) is 182 Å². The van der Waals surface area contributed by atoms with Gasteiger partial charge in [-0.3, -0.25) is 9.97 Å². The number of benzene rings is 9. The fourth-order valence-electron chi connectivity index (χ4n) is 9.60. The first-order chi connectivity index (χ1) is 28.5. The van der Waals surface area contributed by atoms with Crippen molar-refractivity contribution in [1.29, 1.82) is 0 Å². The topological polar surface area (TPSA) is 25.8 Å². The molecule has 58 heavy (non-hydrogen) atoms. The molecule has 0 bridgehead atoms. The van der Waals surface area contributed by atoms with Crippen LogP contribution < -0.4 is 0 Å². The van der Waals surface area contributed by atoms with E-state index in [4.69, 9.17) is 9.97 Å². The zero-order chi connectivity index (χ0) is 38.5. The maximum Gasteiger partial charge on any atom is 0.0971 e. The monoisotopic (exact) mass is 756 g/mol. The van der Waals surface area contributed by atoms with Gasteiger partial charge >= 0.3 is 0 Å². The molecule has 0 saturated carbocycles. The van der Waals surface area contributed by atoms with E-state index in [1.54, 1.807) is 12.4 Å². The summed E-state index contributed by atoms with van der Waals surface area (Å²) in [5, 5.41) is 7.34. The van der Waals surface area contributed by atoms with E-state index in [2.05, 4.69) is 184 Å². The van der Waals surface area contributed by atoms with Gasteiger partial charge in [-0.05, 0) is 108 Å². The minimum absolute atomic E-state index is 0.125. The largest absolute Gasteiger partial charge is 0.252 e. The molecule has 0 atom stereocenters. The van der Waals surface area contributed by atoms with E-state index in [0.717, 1.165) is 21.8 Å². The Morgan fingerprint density at radius 3 is 1.64 bits per heavy atom. The number of fused-ring (bicyclic) bond motifs is 12. The number of rotatable bonds is 4. The third kappa shape index (κ3) is 4.97. The molecular weight excluding hydrogens is 721 g/mol. The Balaban J connectivity index is 0.860. The van der Waals surface area contributed by atoms with Crippen LogP contribution in [0.5, 0.6) is 0 Å². The van der Waals surface area contributed by atoms with Crippen molar-refractivity contribution in [1.82, 2.24) is 9.97 Å². The molecule has 0 fully saturated rings. The molecule has 0 saturated heterocycles. The van der Waals surface area contributed by atoms with Gasteiger partial charge in [0.05, 0.1) is 11.0 Å². The second-order valence-corrected chi connectivity index (χ2v) is 17.2. The molecule has 0 aliphatic heterocycles. The summed E-state index contributed by atoms with van der Waals surface area (Å²) >= 11 is 1.90. The minimum Gasteiger partial charge on any atom is -0.252 e. The van der Waals surface area contributed by atoms with Crippen molar-refractivity contribution in [2.45, 2.75) is 19.3 Å². The lowest BCUT2D eigenvalue weighted by atomic mass is 9.80. The van der Waals surface area contributed by atoms with Crippen molar-refractivity contribution in [2.24, 2.45) is 0 Å². The highest BCUT2D eigenvalue weighted by molar-refractivity contribution is 7.26. The summed E-state index contributed by atoms with van der Waals surface area (Å²) in [7, 11) is 0. The summed E-state index contributed by atoms with van der Waals surface area (Å²) in [4.78, 5) is 9.54. The quantitative estimate of drug-likeness (QED) is 0.167. The maximum atomic E-state index is 4.80. The predicted octanol–water partition coefficient (Wildman–Crippen LogP) is 15.3. The Labute approximate surface area is 340 Å². The van der Waals surface area contributed by atoms with Crippen LogP contribution in [0.2, 0.25) is 0 Å². The lowest BCUT2D eigenvalue weighted by molar-refractivity contribution is 0.661. The summed E-state index contributed by atoms with van der Waals surface area (Å²) < 4.78 is 2.70. The standard InChI is InChI=1S/C55H36N2S/c1-55(2)49-31-38(22-25-43(49)44-26-23-39(32-50(44)55)40-14-8-15-47-45-12-5-6-16-51(45)58-54(40)47)34-19-17-33(18-20-34)35-9-7-10-36(29-35)37-21-24-42-41-11-3-4-13-46(41)52-53(48(42)30-37)57-28-27-56-52/h3-32H,1-2H3. The number of aromatic nitrogens is 2. The van der Waals surface area contributed by atoms with E-state index >= 15 is 0 Å². The first-order valence-corrected chi connectivity index (χ1v) is 20.8. The Morgan fingerprint density at radius 1 is 0.362 bits per heavy atom. The summed E-state index contributed by atoms with van der Waals surface area (Å²) in [6.07, 6.45) is 3.58. The van der Waals surface area contributed by atoms with E-state index in [1.165, 1.54) is 97.7 Å². The van der Waals surface area contributed by atoms with Crippen molar-refractivity contribution >= 4 is 64.1 Å². The Hall–Kier alpha value is -6.94. The molecule has 0 spiro atoms. The highest BCUT2D eigenvalue weighted by Gasteiger charge is 2.36. The summed E-state index contributed by atoms with van der Waals surface area (Å²) in [5.74, 6) is 0. The van der Waals surface area contributed by atoms with Gasteiger partial charge in [-0.2, -0.15) is 0 Å². The van der Waals surface area contributed by atoms with Crippen LogP contribution in [0.3, 0.4) is 0 Å². The maximum absolute atomic E-state index is 4.80. The molecule has 9 aromatic carbocycles. The zero-order valence-electron chi connectivity index (χ0n) is 32.1. The number of hydrogen-bond donors (Lipinski definition) is 0. The van der Waals surface area contributed by atoms with Crippen LogP contribution in [0, 0.1) is 0 Å². The van der Waals surface area contributed by atoms with Gasteiger partial charge in [0.15, 0.2) is 0 Å². The van der Waals surface area contributed by atoms with E-state index in [9.17, 15) is 0 Å². The first kappa shape index (κ1) is 33.2. The highest BCUT2D eigenvalue weighted by atomic mass is 32.1. The molecule has 2 heterocycles. The molecule has 272 valence electrons. The van der Waals surface area contributed by atoms with E-state index < -0.39 is 0 Å². The second kappa shape index (κ2) is 12.5. The van der Waals surface area contributed by atoms with Gasteiger partial charge in [-0.25, -0.2) is 0 Å². The van der Waals surface area contributed by atoms with Crippen LogP contribution in [-0.4, -0.2) is 9.97 Å². The van der Waals surface area contributed by atoms with Crippen molar-refractivity contribution in [3.8, 4) is 55.6 Å². The molecule has 0 amide bonds. The lowest BCUT2D eigenvalue weighted by Crippen LogP contribution is -2.15. The van der Waals surface area contributed by atoms with Gasteiger partial charge in [-0.1, -0.05) is 153 Å². The molecule has 2 nitrogen and oxygen atoms in total. The average molecular weight is 757 g/mol. The predicted molar refractivity (Wildman–Crippen MR) is 247 cm³/mol. The second-order valence-electron chi connectivity index (χ2n) is 16.1. The lowest BCUT2D eigenvalue weighted by Gasteiger charge is -2.23. The molecule has 11 aromatic rings. The number of hydrogen-bond acceptors (Lipinski definition) is 3. The van der Waals surface area contributed by atoms with Crippen LogP contribution in [0.25, 0.3) is 108 Å². The molecule has 0 N–H and O–H groups in total. The number of thiophene rings is 1. The summed E-state index contributed by atoms with van der Waals surface area (Å²) in [6.45, 7) is 4.77. The molecular formula is C55H36N2S. The minimum atomic E-state index is -0.125. The molecule has 1 aliphatic rings. The van der Waals surface area contributed by atoms with E-state index in [1.807, 2.05) is 11.3 Å². The van der Waals surface area contributed by atoms with Crippen LogP contribution in [0.1, 0.15) is 25.0 Å². The van der Waals surface area contributed by atoms with Crippen molar-refractivity contribution < 1.29 is 0 Å². The number of nitrogens with zero attached hydrogens (tertiary/aromatic N) is 2. The first-order valence-electron chi connectivity index (χ1n) is 20.0. The molecule has 1 aliphatic carbocycles. The van der Waals surface area contributed by atoms with Crippen molar-refractivity contribution in [2.75, 3.05) is 0 Å². The van der Waals surface area contributed by atoms with Gasteiger partial charge in [0.2, 0.25) is 0 Å². The Morgan fingerprint density at radius 2 is 0.879 bits per heavy atom. The molecule has 2 aromatic heterocycles. The van der Waals surface area contributed by atoms with Gasteiger partial charge in [0.25, 0.3) is 0 Å². The van der Waals surface area contributed by atoms with Gasteiger partial charge in [-0.15, -0.1) is 11.3 Å². The third-order valence-electron chi connectivity index (χ3n) is 12.6. The summed E-state index contributed by atoms with van der Waals surface area (Å²) in [5.41, 5.74) is 17.0. The molecule has 0 radical (unpaired) electrons. The third-order valence-corrected chi connectivity index (χ3v) is 13.8. The van der Waals surface area contributed by atoms with E-state index in [-0.39, 0.29) is 5.41 Å². The van der Waals surface area contributed by atoms with Gasteiger partial charge < -0.3 is 0 Å². The SMILES string of the molecule is CC1(C)c2cc(-c3ccc(-c4cccc(-c5ccc6c7ccccc7c7nccnc7c6c5)c4)cc3)ccc2-c2ccc(-c3cccc4c3sc3ccccc34)cc21. The Bertz CT molecular complexity index is 3450. The smallest absolute Gasteiger partial charge is 0.0971 e. The Kier molecular flexibility index (Phi) is 7.18. The van der Waals surface area contributed by atoms with Crippen molar-refractivity contribution in [3.63, 3.8) is 0 Å². The van der Waals surface area contributed by atoms with E-state index in [0.29, 0.717) is 0 Å². The molecule has 12 rings (SSSR count). The molecule has 0 unspecified atom stereocenters. The average Bonchev–Trinajstić information content (AvgIpc) is 3.78. The zero-order valence-corrected chi connectivity index (χ0v) is 32.9. The summed E-state index contributed by atoms with van der Waals surface area (Å²) in [6, 6.07) is 62.9. The van der Waals surface area contributed by atoms with Crippen LogP contribution in [0.4, 0.5) is 0 Å². The fraction of sp³-hybridized carbons (Fsp3) is 0.0545. The molecule has 3 heteroatoms. The van der Waals surface area contributed by atoms with Crippen LogP contribution >= 0.6 is 11.3 Å². The van der Waals surface area contributed by atoms with Crippen molar-refractivity contribution in [3.05, 3.63) is 193 Å². The normalized spacial score (nSPS) is 13.1. The van der Waals surface area contributed by atoms with Crippen LogP contribution in [-0.2, 0) is 5.41 Å². The fourth-order valence-corrected chi connectivity index (χ4v) is 10.8. The highest BCUT2D eigenvalue weighted by Crippen LogP contribution is 2.51.